The van der Waals surface area contributed by atoms with E-state index in [0.717, 1.165) is 18.9 Å². The van der Waals surface area contributed by atoms with Gasteiger partial charge in [0.05, 0.1) is 0 Å². The summed E-state index contributed by atoms with van der Waals surface area (Å²) < 4.78 is 5.64. The van der Waals surface area contributed by atoms with Crippen LogP contribution in [0.15, 0.2) is 30.3 Å². The summed E-state index contributed by atoms with van der Waals surface area (Å²) in [5.41, 5.74) is 0. The second kappa shape index (κ2) is 8.17. The highest BCUT2D eigenvalue weighted by molar-refractivity contribution is 5.20. The molecule has 0 fully saturated rings. The van der Waals surface area contributed by atoms with Crippen LogP contribution in [0.5, 0.6) is 5.75 Å². The third-order valence-corrected chi connectivity index (χ3v) is 2.63. The molecule has 0 saturated carbocycles. The predicted octanol–water partition coefficient (Wildman–Crippen LogP) is 3.19. The lowest BCUT2D eigenvalue weighted by molar-refractivity contribution is 0.235. The van der Waals surface area contributed by atoms with Gasteiger partial charge in [-0.15, -0.1) is 0 Å². The molecule has 0 amide bonds. The molecular weight excluding hydrogens is 198 g/mol. The molecule has 0 aliphatic heterocycles. The van der Waals surface area contributed by atoms with E-state index >= 15 is 0 Å². The summed E-state index contributed by atoms with van der Waals surface area (Å²) in [7, 11) is 2.16. The maximum absolute atomic E-state index is 5.64. The average molecular weight is 221 g/mol. The lowest BCUT2D eigenvalue weighted by Gasteiger charge is -2.16. The molecule has 0 bridgehead atoms. The van der Waals surface area contributed by atoms with E-state index in [-0.39, 0.29) is 0 Å². The van der Waals surface area contributed by atoms with Crippen LogP contribution in [-0.2, 0) is 0 Å². The number of benzene rings is 1. The Morgan fingerprint density at radius 2 is 1.81 bits per heavy atom. The van der Waals surface area contributed by atoms with E-state index in [1.54, 1.807) is 0 Å². The highest BCUT2D eigenvalue weighted by Gasteiger charge is 1.98. The summed E-state index contributed by atoms with van der Waals surface area (Å²) in [5, 5.41) is 0. The quantitative estimate of drug-likeness (QED) is 0.625. The van der Waals surface area contributed by atoms with Gasteiger partial charge in [0.25, 0.3) is 0 Å². The minimum Gasteiger partial charge on any atom is -0.492 e. The number of para-hydroxylation sites is 1. The molecule has 2 nitrogen and oxygen atoms in total. The summed E-state index contributed by atoms with van der Waals surface area (Å²) in [4.78, 5) is 2.33. The molecule has 0 aromatic heterocycles. The van der Waals surface area contributed by atoms with E-state index in [9.17, 15) is 0 Å². The topological polar surface area (TPSA) is 12.5 Å². The van der Waals surface area contributed by atoms with Gasteiger partial charge < -0.3 is 9.64 Å². The third kappa shape index (κ3) is 5.76. The van der Waals surface area contributed by atoms with Gasteiger partial charge in [0.1, 0.15) is 12.4 Å². The van der Waals surface area contributed by atoms with Crippen molar-refractivity contribution in [2.75, 3.05) is 26.7 Å². The fourth-order valence-electron chi connectivity index (χ4n) is 1.58. The summed E-state index contributed by atoms with van der Waals surface area (Å²) in [6, 6.07) is 10.00. The van der Waals surface area contributed by atoms with Crippen LogP contribution in [0.4, 0.5) is 0 Å². The van der Waals surface area contributed by atoms with E-state index in [2.05, 4.69) is 18.9 Å². The Kier molecular flexibility index (Phi) is 6.66. The number of unbranched alkanes of at least 4 members (excludes halogenated alkanes) is 2. The summed E-state index contributed by atoms with van der Waals surface area (Å²) >= 11 is 0. The highest BCUT2D eigenvalue weighted by Crippen LogP contribution is 2.07. The van der Waals surface area contributed by atoms with Crippen LogP contribution in [0.2, 0.25) is 0 Å². The average Bonchev–Trinajstić information content (AvgIpc) is 2.31. The van der Waals surface area contributed by atoms with Gasteiger partial charge in [-0.25, -0.2) is 0 Å². The zero-order valence-electron chi connectivity index (χ0n) is 10.5. The van der Waals surface area contributed by atoms with Crippen molar-refractivity contribution in [1.82, 2.24) is 4.90 Å². The van der Waals surface area contributed by atoms with Gasteiger partial charge in [-0.05, 0) is 32.1 Å². The predicted molar refractivity (Wildman–Crippen MR) is 69.0 cm³/mol. The third-order valence-electron chi connectivity index (χ3n) is 2.63. The highest BCUT2D eigenvalue weighted by atomic mass is 16.5. The van der Waals surface area contributed by atoms with Gasteiger partial charge in [-0.3, -0.25) is 0 Å². The molecule has 0 N–H and O–H groups in total. The van der Waals surface area contributed by atoms with Crippen molar-refractivity contribution < 1.29 is 4.74 Å². The van der Waals surface area contributed by atoms with Crippen LogP contribution < -0.4 is 4.74 Å². The van der Waals surface area contributed by atoms with Crippen molar-refractivity contribution in [3.05, 3.63) is 30.3 Å². The van der Waals surface area contributed by atoms with Gasteiger partial charge in [0, 0.05) is 6.54 Å². The van der Waals surface area contributed by atoms with Gasteiger partial charge >= 0.3 is 0 Å². The van der Waals surface area contributed by atoms with Crippen LogP contribution in [0.1, 0.15) is 26.2 Å². The maximum Gasteiger partial charge on any atom is 0.119 e. The van der Waals surface area contributed by atoms with E-state index in [1.807, 2.05) is 30.3 Å². The number of hydrogen-bond donors (Lipinski definition) is 0. The molecule has 0 radical (unpaired) electrons. The van der Waals surface area contributed by atoms with Crippen LogP contribution in [0.3, 0.4) is 0 Å². The Balaban J connectivity index is 2.06. The molecule has 0 atom stereocenters. The van der Waals surface area contributed by atoms with Crippen molar-refractivity contribution in [1.29, 1.82) is 0 Å². The van der Waals surface area contributed by atoms with Crippen molar-refractivity contribution in [2.24, 2.45) is 0 Å². The molecular formula is C14H23NO. The first kappa shape index (κ1) is 13.0. The molecule has 0 saturated heterocycles. The first-order valence-corrected chi connectivity index (χ1v) is 6.19. The number of rotatable bonds is 8. The second-order valence-corrected chi connectivity index (χ2v) is 4.17. The molecule has 2 heteroatoms. The molecule has 1 aromatic carbocycles. The Morgan fingerprint density at radius 1 is 1.06 bits per heavy atom. The summed E-state index contributed by atoms with van der Waals surface area (Å²) in [5.74, 6) is 0.962. The fourth-order valence-corrected chi connectivity index (χ4v) is 1.58. The number of hydrogen-bond acceptors (Lipinski definition) is 2. The minimum absolute atomic E-state index is 0.770. The SMILES string of the molecule is CCCCCN(C)CCOc1ccccc1. The Bertz CT molecular complexity index is 261. The molecule has 1 aromatic rings. The lowest BCUT2D eigenvalue weighted by Crippen LogP contribution is -2.25. The van der Waals surface area contributed by atoms with Gasteiger partial charge in [-0.2, -0.15) is 0 Å². The van der Waals surface area contributed by atoms with Gasteiger partial charge in [-0.1, -0.05) is 38.0 Å². The largest absolute Gasteiger partial charge is 0.492 e. The fraction of sp³-hybridized carbons (Fsp3) is 0.571. The molecule has 16 heavy (non-hydrogen) atoms. The first-order chi connectivity index (χ1) is 7.83. The maximum atomic E-state index is 5.64. The summed E-state index contributed by atoms with van der Waals surface area (Å²) in [6.07, 6.45) is 3.90. The minimum atomic E-state index is 0.770. The summed E-state index contributed by atoms with van der Waals surface area (Å²) in [6.45, 7) is 5.18. The second-order valence-electron chi connectivity index (χ2n) is 4.17. The standard InChI is InChI=1S/C14H23NO/c1-3-4-8-11-15(2)12-13-16-14-9-6-5-7-10-14/h5-7,9-10H,3-4,8,11-13H2,1-2H3. The Hall–Kier alpha value is -1.02. The molecule has 90 valence electrons. The molecule has 0 aliphatic rings. The van der Waals surface area contributed by atoms with E-state index in [0.29, 0.717) is 0 Å². The number of nitrogens with zero attached hydrogens (tertiary/aromatic N) is 1. The van der Waals surface area contributed by atoms with Crippen LogP contribution in [0, 0.1) is 0 Å². The van der Waals surface area contributed by atoms with Crippen molar-refractivity contribution in [2.45, 2.75) is 26.2 Å². The van der Waals surface area contributed by atoms with Gasteiger partial charge in [0.2, 0.25) is 0 Å². The zero-order valence-corrected chi connectivity index (χ0v) is 10.5. The molecule has 0 aliphatic carbocycles. The Labute approximate surface area is 99.2 Å². The van der Waals surface area contributed by atoms with E-state index in [4.69, 9.17) is 4.74 Å². The zero-order chi connectivity index (χ0) is 11.6. The van der Waals surface area contributed by atoms with E-state index < -0.39 is 0 Å². The van der Waals surface area contributed by atoms with E-state index in [1.165, 1.54) is 25.8 Å². The smallest absolute Gasteiger partial charge is 0.119 e. The molecule has 0 unspecified atom stereocenters. The van der Waals surface area contributed by atoms with Crippen molar-refractivity contribution >= 4 is 0 Å². The van der Waals surface area contributed by atoms with Crippen LogP contribution in [-0.4, -0.2) is 31.6 Å². The van der Waals surface area contributed by atoms with Gasteiger partial charge in [0.15, 0.2) is 0 Å². The van der Waals surface area contributed by atoms with Crippen LogP contribution >= 0.6 is 0 Å². The molecule has 1 rings (SSSR count). The lowest BCUT2D eigenvalue weighted by atomic mass is 10.2. The molecule has 0 spiro atoms. The molecule has 0 heterocycles. The monoisotopic (exact) mass is 221 g/mol. The number of ether oxygens (including phenoxy) is 1. The first-order valence-electron chi connectivity index (χ1n) is 6.19. The normalized spacial score (nSPS) is 10.7. The van der Waals surface area contributed by atoms with Crippen molar-refractivity contribution in [3.63, 3.8) is 0 Å². The van der Waals surface area contributed by atoms with Crippen LogP contribution in [0.25, 0.3) is 0 Å². The van der Waals surface area contributed by atoms with Crippen molar-refractivity contribution in [3.8, 4) is 5.75 Å². The number of likely N-dealkylation sites (N-methyl/N-ethyl adjacent to an activating group) is 1. The Morgan fingerprint density at radius 3 is 2.50 bits per heavy atom.